The van der Waals surface area contributed by atoms with Gasteiger partial charge in [0.15, 0.2) is 0 Å². The van der Waals surface area contributed by atoms with E-state index in [0.29, 0.717) is 29.0 Å². The summed E-state index contributed by atoms with van der Waals surface area (Å²) < 4.78 is 5.71. The summed E-state index contributed by atoms with van der Waals surface area (Å²) in [4.78, 5) is 0.293. The van der Waals surface area contributed by atoms with Crippen LogP contribution >= 0.6 is 12.2 Å². The van der Waals surface area contributed by atoms with Crippen LogP contribution in [-0.4, -0.2) is 21.8 Å². The molecule has 0 aromatic carbocycles. The van der Waals surface area contributed by atoms with E-state index >= 15 is 0 Å². The lowest BCUT2D eigenvalue weighted by Gasteiger charge is -2.15. The van der Waals surface area contributed by atoms with E-state index in [9.17, 15) is 0 Å². The SMILES string of the molecule is CCCCC(CC)COc1nnccc1C(N)=S. The lowest BCUT2D eigenvalue weighted by atomic mass is 10.0. The zero-order valence-corrected chi connectivity index (χ0v) is 11.9. The molecule has 4 nitrogen and oxygen atoms in total. The van der Waals surface area contributed by atoms with E-state index in [-0.39, 0.29) is 0 Å². The highest BCUT2D eigenvalue weighted by molar-refractivity contribution is 7.80. The fourth-order valence-electron chi connectivity index (χ4n) is 1.71. The molecule has 0 saturated carbocycles. The molecule has 0 aliphatic heterocycles. The van der Waals surface area contributed by atoms with Gasteiger partial charge in [-0.05, 0) is 18.4 Å². The van der Waals surface area contributed by atoms with Crippen LogP contribution < -0.4 is 10.5 Å². The molecule has 2 N–H and O–H groups in total. The molecular formula is C13H21N3OS. The average Bonchev–Trinajstić information content (AvgIpc) is 2.39. The molecule has 0 aliphatic rings. The van der Waals surface area contributed by atoms with E-state index in [1.54, 1.807) is 12.3 Å². The van der Waals surface area contributed by atoms with Crippen LogP contribution in [0.2, 0.25) is 0 Å². The van der Waals surface area contributed by atoms with Gasteiger partial charge in [-0.25, -0.2) is 0 Å². The first kappa shape index (κ1) is 14.8. The third kappa shape index (κ3) is 4.56. The number of nitrogens with zero attached hydrogens (tertiary/aromatic N) is 2. The minimum atomic E-state index is 0.293. The van der Waals surface area contributed by atoms with E-state index in [4.69, 9.17) is 22.7 Å². The lowest BCUT2D eigenvalue weighted by Crippen LogP contribution is -2.17. The quantitative estimate of drug-likeness (QED) is 0.734. The van der Waals surface area contributed by atoms with Crippen LogP contribution in [0.15, 0.2) is 12.3 Å². The molecule has 0 radical (unpaired) electrons. The van der Waals surface area contributed by atoms with E-state index in [1.807, 2.05) is 0 Å². The van der Waals surface area contributed by atoms with Gasteiger partial charge in [-0.3, -0.25) is 0 Å². The molecule has 1 rings (SSSR count). The van der Waals surface area contributed by atoms with Crippen molar-refractivity contribution >= 4 is 17.2 Å². The van der Waals surface area contributed by atoms with Gasteiger partial charge in [-0.15, -0.1) is 5.10 Å². The van der Waals surface area contributed by atoms with E-state index < -0.39 is 0 Å². The Morgan fingerprint density at radius 3 is 2.89 bits per heavy atom. The molecule has 1 unspecified atom stereocenters. The minimum absolute atomic E-state index is 0.293. The number of hydrogen-bond donors (Lipinski definition) is 1. The molecule has 1 atom stereocenters. The number of ether oxygens (including phenoxy) is 1. The largest absolute Gasteiger partial charge is 0.476 e. The van der Waals surface area contributed by atoms with Crippen LogP contribution in [0.4, 0.5) is 0 Å². The molecule has 0 amide bonds. The van der Waals surface area contributed by atoms with Crippen molar-refractivity contribution in [3.05, 3.63) is 17.8 Å². The Morgan fingerprint density at radius 2 is 2.28 bits per heavy atom. The highest BCUT2D eigenvalue weighted by atomic mass is 32.1. The van der Waals surface area contributed by atoms with Crippen molar-refractivity contribution in [1.82, 2.24) is 10.2 Å². The van der Waals surface area contributed by atoms with Crippen molar-refractivity contribution in [2.45, 2.75) is 39.5 Å². The molecular weight excluding hydrogens is 246 g/mol. The second-order valence-corrected chi connectivity index (χ2v) is 4.78. The fourth-order valence-corrected chi connectivity index (χ4v) is 1.86. The predicted octanol–water partition coefficient (Wildman–Crippen LogP) is 2.71. The number of nitrogens with two attached hydrogens (primary N) is 1. The summed E-state index contributed by atoms with van der Waals surface area (Å²) in [5, 5.41) is 7.75. The molecule has 1 aromatic rings. The van der Waals surface area contributed by atoms with Crippen molar-refractivity contribution in [1.29, 1.82) is 0 Å². The third-order valence-electron chi connectivity index (χ3n) is 2.95. The first-order valence-corrected chi connectivity index (χ1v) is 6.84. The van der Waals surface area contributed by atoms with Crippen molar-refractivity contribution in [2.75, 3.05) is 6.61 Å². The van der Waals surface area contributed by atoms with Crippen molar-refractivity contribution in [2.24, 2.45) is 11.7 Å². The van der Waals surface area contributed by atoms with Crippen LogP contribution in [0.25, 0.3) is 0 Å². The number of unbranched alkanes of at least 4 members (excludes halogenated alkanes) is 1. The van der Waals surface area contributed by atoms with Gasteiger partial charge in [0.2, 0.25) is 5.88 Å². The molecule has 1 heterocycles. The summed E-state index contributed by atoms with van der Waals surface area (Å²) >= 11 is 4.96. The zero-order chi connectivity index (χ0) is 13.4. The van der Waals surface area contributed by atoms with Gasteiger partial charge in [-0.1, -0.05) is 45.3 Å². The van der Waals surface area contributed by atoms with Crippen LogP contribution in [-0.2, 0) is 0 Å². The molecule has 100 valence electrons. The molecule has 0 aliphatic carbocycles. The van der Waals surface area contributed by atoms with E-state index in [2.05, 4.69) is 24.0 Å². The van der Waals surface area contributed by atoms with Gasteiger partial charge in [-0.2, -0.15) is 5.10 Å². The molecule has 0 bridgehead atoms. The summed E-state index contributed by atoms with van der Waals surface area (Å²) in [6, 6.07) is 1.73. The molecule has 0 saturated heterocycles. The van der Waals surface area contributed by atoms with Gasteiger partial charge in [0.05, 0.1) is 18.4 Å². The van der Waals surface area contributed by atoms with Gasteiger partial charge in [0, 0.05) is 0 Å². The summed E-state index contributed by atoms with van der Waals surface area (Å²) in [7, 11) is 0. The monoisotopic (exact) mass is 267 g/mol. The summed E-state index contributed by atoms with van der Waals surface area (Å²) in [5.41, 5.74) is 6.28. The summed E-state index contributed by atoms with van der Waals surface area (Å²) in [6.07, 6.45) is 6.28. The predicted molar refractivity (Wildman–Crippen MR) is 76.7 cm³/mol. The smallest absolute Gasteiger partial charge is 0.243 e. The van der Waals surface area contributed by atoms with Crippen LogP contribution in [0, 0.1) is 5.92 Å². The Bertz CT molecular complexity index is 384. The standard InChI is InChI=1S/C13H21N3OS/c1-3-5-6-10(4-2)9-17-13-11(12(14)18)7-8-15-16-13/h7-8,10H,3-6,9H2,1-2H3,(H2,14,18). The molecule has 0 fully saturated rings. The minimum Gasteiger partial charge on any atom is -0.476 e. The first-order chi connectivity index (χ1) is 8.69. The van der Waals surface area contributed by atoms with Gasteiger partial charge < -0.3 is 10.5 Å². The Labute approximate surface area is 114 Å². The van der Waals surface area contributed by atoms with Gasteiger partial charge >= 0.3 is 0 Å². The average molecular weight is 267 g/mol. The number of rotatable bonds is 8. The van der Waals surface area contributed by atoms with Crippen molar-refractivity contribution in [3.63, 3.8) is 0 Å². The van der Waals surface area contributed by atoms with Crippen LogP contribution in [0.1, 0.15) is 45.1 Å². The Balaban J connectivity index is 2.59. The Hall–Kier alpha value is -1.23. The van der Waals surface area contributed by atoms with Gasteiger partial charge in [0.1, 0.15) is 4.99 Å². The molecule has 0 spiro atoms. The second kappa shape index (κ2) is 7.97. The maximum absolute atomic E-state index is 5.71. The maximum atomic E-state index is 5.71. The van der Waals surface area contributed by atoms with Crippen molar-refractivity contribution < 1.29 is 4.74 Å². The highest BCUT2D eigenvalue weighted by Gasteiger charge is 2.11. The highest BCUT2D eigenvalue weighted by Crippen LogP contribution is 2.17. The fraction of sp³-hybridized carbons (Fsp3) is 0.615. The maximum Gasteiger partial charge on any atom is 0.243 e. The van der Waals surface area contributed by atoms with Crippen molar-refractivity contribution in [3.8, 4) is 5.88 Å². The van der Waals surface area contributed by atoms with Crippen LogP contribution in [0.3, 0.4) is 0 Å². The Morgan fingerprint density at radius 1 is 1.50 bits per heavy atom. The normalized spacial score (nSPS) is 12.1. The zero-order valence-electron chi connectivity index (χ0n) is 11.1. The number of hydrogen-bond acceptors (Lipinski definition) is 4. The molecule has 5 heteroatoms. The molecule has 1 aromatic heterocycles. The number of aromatic nitrogens is 2. The summed E-state index contributed by atoms with van der Waals surface area (Å²) in [6.45, 7) is 5.01. The third-order valence-corrected chi connectivity index (χ3v) is 3.17. The van der Waals surface area contributed by atoms with E-state index in [1.165, 1.54) is 19.3 Å². The van der Waals surface area contributed by atoms with E-state index in [0.717, 1.165) is 6.42 Å². The second-order valence-electron chi connectivity index (χ2n) is 4.34. The first-order valence-electron chi connectivity index (χ1n) is 6.43. The number of thiocarbonyl (C=S) groups is 1. The Kier molecular flexibility index (Phi) is 6.57. The van der Waals surface area contributed by atoms with Crippen LogP contribution in [0.5, 0.6) is 5.88 Å². The topological polar surface area (TPSA) is 61.0 Å². The molecule has 18 heavy (non-hydrogen) atoms. The summed E-state index contributed by atoms with van der Waals surface area (Å²) in [5.74, 6) is 0.992. The lowest BCUT2D eigenvalue weighted by molar-refractivity contribution is 0.223. The van der Waals surface area contributed by atoms with Gasteiger partial charge in [0.25, 0.3) is 0 Å².